The van der Waals surface area contributed by atoms with Crippen LogP contribution >= 0.6 is 0 Å². The van der Waals surface area contributed by atoms with Gasteiger partial charge in [-0.3, -0.25) is 0 Å². The van der Waals surface area contributed by atoms with Gasteiger partial charge in [0.15, 0.2) is 0 Å². The molecule has 1 heterocycles. The third-order valence-electron chi connectivity index (χ3n) is 3.35. The number of nitrogens with one attached hydrogen (secondary N) is 2. The van der Waals surface area contributed by atoms with Crippen LogP contribution in [0.2, 0.25) is 0 Å². The van der Waals surface area contributed by atoms with Crippen molar-refractivity contribution in [2.45, 2.75) is 6.42 Å². The topological polar surface area (TPSA) is 76.0 Å². The predicted octanol–water partition coefficient (Wildman–Crippen LogP) is 2.81. The van der Waals surface area contributed by atoms with E-state index in [1.54, 1.807) is 7.11 Å². The number of rotatable bonds is 5. The number of nitrogens with two attached hydrogens (primary N) is 1. The number of nitrogen functional groups attached to an aromatic ring is 1. The van der Waals surface area contributed by atoms with Crippen LogP contribution in [0.5, 0.6) is 5.75 Å². The second-order valence-corrected chi connectivity index (χ2v) is 4.89. The summed E-state index contributed by atoms with van der Waals surface area (Å²) in [6, 6.07) is 13.7. The Bertz CT molecular complexity index is 751. The zero-order chi connectivity index (χ0) is 14.7. The summed E-state index contributed by atoms with van der Waals surface area (Å²) in [5.74, 6) is 1.64. The first kappa shape index (κ1) is 13.3. The van der Waals surface area contributed by atoms with Crippen molar-refractivity contribution in [2.75, 3.05) is 24.7 Å². The highest BCUT2D eigenvalue weighted by Crippen LogP contribution is 2.17. The van der Waals surface area contributed by atoms with Gasteiger partial charge in [-0.2, -0.15) is 0 Å². The Kier molecular flexibility index (Phi) is 3.64. The molecule has 0 amide bonds. The number of anilines is 2. The van der Waals surface area contributed by atoms with Gasteiger partial charge in [-0.05, 0) is 42.3 Å². The molecule has 108 valence electrons. The summed E-state index contributed by atoms with van der Waals surface area (Å²) in [7, 11) is 1.68. The molecule has 4 N–H and O–H groups in total. The molecule has 1 aromatic heterocycles. The van der Waals surface area contributed by atoms with E-state index in [0.29, 0.717) is 0 Å². The van der Waals surface area contributed by atoms with Crippen molar-refractivity contribution in [3.63, 3.8) is 0 Å². The van der Waals surface area contributed by atoms with E-state index in [-0.39, 0.29) is 0 Å². The molecule has 2 aromatic carbocycles. The van der Waals surface area contributed by atoms with Gasteiger partial charge >= 0.3 is 0 Å². The van der Waals surface area contributed by atoms with Crippen molar-refractivity contribution < 1.29 is 4.74 Å². The summed E-state index contributed by atoms with van der Waals surface area (Å²) in [5.41, 5.74) is 9.57. The highest BCUT2D eigenvalue weighted by Gasteiger charge is 2.02. The van der Waals surface area contributed by atoms with Crippen LogP contribution in [0.3, 0.4) is 0 Å². The predicted molar refractivity (Wildman–Crippen MR) is 85.7 cm³/mol. The molecule has 0 spiro atoms. The van der Waals surface area contributed by atoms with Crippen molar-refractivity contribution in [1.82, 2.24) is 9.97 Å². The lowest BCUT2D eigenvalue weighted by Crippen LogP contribution is -2.06. The lowest BCUT2D eigenvalue weighted by Gasteiger charge is -2.05. The Morgan fingerprint density at radius 3 is 3.00 bits per heavy atom. The summed E-state index contributed by atoms with van der Waals surface area (Å²) >= 11 is 0. The maximum Gasteiger partial charge on any atom is 0.201 e. The van der Waals surface area contributed by atoms with Crippen LogP contribution in [0, 0.1) is 0 Å². The molecule has 0 unspecified atom stereocenters. The van der Waals surface area contributed by atoms with Crippen LogP contribution < -0.4 is 15.8 Å². The quantitative estimate of drug-likeness (QED) is 0.629. The number of hydrogen-bond donors (Lipinski definition) is 3. The maximum absolute atomic E-state index is 5.76. The number of aromatic nitrogens is 2. The summed E-state index contributed by atoms with van der Waals surface area (Å²) in [5, 5.41) is 3.29. The van der Waals surface area contributed by atoms with Gasteiger partial charge < -0.3 is 20.8 Å². The zero-order valence-corrected chi connectivity index (χ0v) is 11.9. The highest BCUT2D eigenvalue weighted by atomic mass is 16.5. The lowest BCUT2D eigenvalue weighted by molar-refractivity contribution is 0.414. The zero-order valence-electron chi connectivity index (χ0n) is 11.9. The van der Waals surface area contributed by atoms with Crippen molar-refractivity contribution in [3.05, 3.63) is 48.0 Å². The Labute approximate surface area is 123 Å². The summed E-state index contributed by atoms with van der Waals surface area (Å²) in [6.45, 7) is 0.794. The minimum atomic E-state index is 0.731. The summed E-state index contributed by atoms with van der Waals surface area (Å²) < 4.78 is 5.22. The van der Waals surface area contributed by atoms with Crippen molar-refractivity contribution in [3.8, 4) is 5.75 Å². The third-order valence-corrected chi connectivity index (χ3v) is 3.35. The third kappa shape index (κ3) is 3.08. The van der Waals surface area contributed by atoms with Gasteiger partial charge in [0, 0.05) is 12.2 Å². The molecule has 21 heavy (non-hydrogen) atoms. The number of aromatic amines is 1. The standard InChI is InChI=1S/C16H18N4O/c1-21-13-4-2-3-11(9-13)7-8-18-16-19-14-6-5-12(17)10-15(14)20-16/h2-6,9-10H,7-8,17H2,1H3,(H2,18,19,20). The number of imidazole rings is 1. The first-order valence-electron chi connectivity index (χ1n) is 6.86. The smallest absolute Gasteiger partial charge is 0.201 e. The summed E-state index contributed by atoms with van der Waals surface area (Å²) in [4.78, 5) is 7.69. The largest absolute Gasteiger partial charge is 0.497 e. The number of ether oxygens (including phenoxy) is 1. The maximum atomic E-state index is 5.76. The molecule has 0 radical (unpaired) electrons. The minimum Gasteiger partial charge on any atom is -0.497 e. The van der Waals surface area contributed by atoms with Crippen molar-refractivity contribution >= 4 is 22.7 Å². The van der Waals surface area contributed by atoms with E-state index in [9.17, 15) is 0 Å². The van der Waals surface area contributed by atoms with E-state index in [4.69, 9.17) is 10.5 Å². The lowest BCUT2D eigenvalue weighted by atomic mass is 10.1. The van der Waals surface area contributed by atoms with Crippen LogP contribution in [0.15, 0.2) is 42.5 Å². The van der Waals surface area contributed by atoms with Crippen molar-refractivity contribution in [2.24, 2.45) is 0 Å². The number of benzene rings is 2. The molecule has 0 aliphatic carbocycles. The van der Waals surface area contributed by atoms with Gasteiger partial charge in [-0.25, -0.2) is 4.98 Å². The molecule has 0 aliphatic rings. The number of H-pyrrole nitrogens is 1. The molecule has 3 rings (SSSR count). The minimum absolute atomic E-state index is 0.731. The van der Waals surface area contributed by atoms with Crippen LogP contribution in [0.25, 0.3) is 11.0 Å². The Hall–Kier alpha value is -2.69. The van der Waals surface area contributed by atoms with E-state index in [2.05, 4.69) is 21.4 Å². The molecular formula is C16H18N4O. The van der Waals surface area contributed by atoms with Crippen LogP contribution in [0.4, 0.5) is 11.6 Å². The molecule has 0 fully saturated rings. The molecule has 0 saturated heterocycles. The first-order valence-corrected chi connectivity index (χ1v) is 6.86. The monoisotopic (exact) mass is 282 g/mol. The average Bonchev–Trinajstić information content (AvgIpc) is 2.89. The fraction of sp³-hybridized carbons (Fsp3) is 0.188. The molecule has 5 heteroatoms. The highest BCUT2D eigenvalue weighted by molar-refractivity contribution is 5.80. The molecule has 0 aliphatic heterocycles. The second kappa shape index (κ2) is 5.75. The van der Waals surface area contributed by atoms with Crippen molar-refractivity contribution in [1.29, 1.82) is 0 Å². The van der Waals surface area contributed by atoms with E-state index in [1.807, 2.05) is 36.4 Å². The van der Waals surface area contributed by atoms with Crippen LogP contribution in [-0.4, -0.2) is 23.6 Å². The molecular weight excluding hydrogens is 264 g/mol. The molecule has 0 bridgehead atoms. The van der Waals surface area contributed by atoms with E-state index in [0.717, 1.165) is 41.4 Å². The first-order chi connectivity index (χ1) is 10.2. The Balaban J connectivity index is 1.63. The Morgan fingerprint density at radius 1 is 1.24 bits per heavy atom. The average molecular weight is 282 g/mol. The fourth-order valence-electron chi connectivity index (χ4n) is 2.26. The van der Waals surface area contributed by atoms with Gasteiger partial charge in [0.1, 0.15) is 5.75 Å². The fourth-order valence-corrected chi connectivity index (χ4v) is 2.26. The SMILES string of the molecule is COc1cccc(CCNc2nc3ccc(N)cc3[nH]2)c1. The molecule has 5 nitrogen and oxygen atoms in total. The van der Waals surface area contributed by atoms with E-state index < -0.39 is 0 Å². The number of methoxy groups -OCH3 is 1. The number of nitrogens with zero attached hydrogens (tertiary/aromatic N) is 1. The van der Waals surface area contributed by atoms with Crippen LogP contribution in [0.1, 0.15) is 5.56 Å². The summed E-state index contributed by atoms with van der Waals surface area (Å²) in [6.07, 6.45) is 0.899. The van der Waals surface area contributed by atoms with Gasteiger partial charge in [0.05, 0.1) is 18.1 Å². The van der Waals surface area contributed by atoms with Crippen LogP contribution in [-0.2, 0) is 6.42 Å². The van der Waals surface area contributed by atoms with Gasteiger partial charge in [-0.1, -0.05) is 12.1 Å². The van der Waals surface area contributed by atoms with E-state index in [1.165, 1.54) is 5.56 Å². The molecule has 0 atom stereocenters. The molecule has 3 aromatic rings. The van der Waals surface area contributed by atoms with Gasteiger partial charge in [0.25, 0.3) is 0 Å². The number of hydrogen-bond acceptors (Lipinski definition) is 4. The molecule has 0 saturated carbocycles. The van der Waals surface area contributed by atoms with E-state index >= 15 is 0 Å². The normalized spacial score (nSPS) is 10.7. The van der Waals surface area contributed by atoms with Gasteiger partial charge in [0.2, 0.25) is 5.95 Å². The number of fused-ring (bicyclic) bond motifs is 1. The Morgan fingerprint density at radius 2 is 2.14 bits per heavy atom. The van der Waals surface area contributed by atoms with Gasteiger partial charge in [-0.15, -0.1) is 0 Å². The second-order valence-electron chi connectivity index (χ2n) is 4.89.